The third-order valence-corrected chi connectivity index (χ3v) is 3.56. The second kappa shape index (κ2) is 6.48. The van der Waals surface area contributed by atoms with E-state index in [4.69, 9.17) is 5.26 Å². The van der Waals surface area contributed by atoms with Gasteiger partial charge in [0.15, 0.2) is 0 Å². The van der Waals surface area contributed by atoms with Gasteiger partial charge in [0.1, 0.15) is 11.8 Å². The van der Waals surface area contributed by atoms with E-state index in [1.807, 2.05) is 12.1 Å². The molecule has 1 saturated heterocycles. The molecular formula is C14H20N4. The molecule has 1 aromatic rings. The number of rotatable bonds is 5. The summed E-state index contributed by atoms with van der Waals surface area (Å²) >= 11 is 0. The van der Waals surface area contributed by atoms with E-state index in [0.717, 1.165) is 31.1 Å². The number of aromatic nitrogens is 1. The molecule has 0 bridgehead atoms. The molecule has 1 aromatic heterocycles. The highest BCUT2D eigenvalue weighted by Gasteiger charge is 2.20. The second-order valence-electron chi connectivity index (χ2n) is 4.80. The number of nitriles is 1. The van der Waals surface area contributed by atoms with Crippen molar-refractivity contribution in [1.82, 2.24) is 15.2 Å². The second-order valence-corrected chi connectivity index (χ2v) is 4.80. The van der Waals surface area contributed by atoms with Crippen LogP contribution < -0.4 is 5.32 Å². The van der Waals surface area contributed by atoms with E-state index in [2.05, 4.69) is 28.2 Å². The molecule has 1 atom stereocenters. The first kappa shape index (κ1) is 13.0. The summed E-state index contributed by atoms with van der Waals surface area (Å²) in [6.07, 6.45) is 2.94. The zero-order chi connectivity index (χ0) is 12.8. The first-order chi connectivity index (χ1) is 8.83. The van der Waals surface area contributed by atoms with Gasteiger partial charge in [-0.3, -0.25) is 0 Å². The Labute approximate surface area is 109 Å². The molecule has 0 spiro atoms. The minimum Gasteiger partial charge on any atom is -0.312 e. The number of pyridine rings is 1. The van der Waals surface area contributed by atoms with E-state index in [0.29, 0.717) is 5.69 Å². The number of nitrogens with zero attached hydrogens (tertiary/aromatic N) is 3. The minimum absolute atomic E-state index is 0.534. The maximum Gasteiger partial charge on any atom is 0.144 e. The third-order valence-electron chi connectivity index (χ3n) is 3.56. The van der Waals surface area contributed by atoms with Gasteiger partial charge in [-0.2, -0.15) is 5.26 Å². The van der Waals surface area contributed by atoms with Crippen LogP contribution in [0.15, 0.2) is 18.3 Å². The quantitative estimate of drug-likeness (QED) is 0.850. The van der Waals surface area contributed by atoms with Crippen LogP contribution in [-0.4, -0.2) is 36.1 Å². The van der Waals surface area contributed by atoms with E-state index in [9.17, 15) is 0 Å². The summed E-state index contributed by atoms with van der Waals surface area (Å²) in [5, 5.41) is 12.4. The molecule has 0 aromatic carbocycles. The van der Waals surface area contributed by atoms with Gasteiger partial charge in [0.25, 0.3) is 0 Å². The van der Waals surface area contributed by atoms with Gasteiger partial charge in [-0.15, -0.1) is 0 Å². The molecule has 1 aliphatic rings. The molecule has 2 heterocycles. The van der Waals surface area contributed by atoms with Gasteiger partial charge in [0.05, 0.1) is 0 Å². The molecule has 0 amide bonds. The van der Waals surface area contributed by atoms with Gasteiger partial charge in [-0.05, 0) is 38.0 Å². The van der Waals surface area contributed by atoms with Crippen molar-refractivity contribution in [3.05, 3.63) is 29.6 Å². The normalized spacial score (nSPS) is 19.9. The van der Waals surface area contributed by atoms with E-state index >= 15 is 0 Å². The van der Waals surface area contributed by atoms with Crippen molar-refractivity contribution < 1.29 is 0 Å². The fourth-order valence-corrected chi connectivity index (χ4v) is 2.46. The average molecular weight is 244 g/mol. The standard InChI is InChI=1S/C14H20N4/c1-2-18-7-5-12(11-18)9-16-10-13-4-3-6-17-14(13)8-15/h3-4,6,12,16H,2,5,7,9-11H2,1H3. The first-order valence-electron chi connectivity index (χ1n) is 6.60. The van der Waals surface area contributed by atoms with Crippen LogP contribution in [0.2, 0.25) is 0 Å². The van der Waals surface area contributed by atoms with Crippen LogP contribution in [0.4, 0.5) is 0 Å². The number of likely N-dealkylation sites (tertiary alicyclic amines) is 1. The highest BCUT2D eigenvalue weighted by Crippen LogP contribution is 2.14. The van der Waals surface area contributed by atoms with Gasteiger partial charge >= 0.3 is 0 Å². The third kappa shape index (κ3) is 3.28. The minimum atomic E-state index is 0.534. The predicted molar refractivity (Wildman–Crippen MR) is 70.9 cm³/mol. The van der Waals surface area contributed by atoms with Gasteiger partial charge in [-0.25, -0.2) is 4.98 Å². The van der Waals surface area contributed by atoms with Crippen LogP contribution in [0, 0.1) is 17.2 Å². The molecule has 0 radical (unpaired) electrons. The average Bonchev–Trinajstić information content (AvgIpc) is 2.87. The molecule has 18 heavy (non-hydrogen) atoms. The summed E-state index contributed by atoms with van der Waals surface area (Å²) in [5.41, 5.74) is 1.52. The lowest BCUT2D eigenvalue weighted by Gasteiger charge is -2.13. The van der Waals surface area contributed by atoms with Gasteiger partial charge in [0.2, 0.25) is 0 Å². The van der Waals surface area contributed by atoms with Crippen LogP contribution in [-0.2, 0) is 6.54 Å². The summed E-state index contributed by atoms with van der Waals surface area (Å²) in [6, 6.07) is 5.98. The Kier molecular flexibility index (Phi) is 4.68. The van der Waals surface area contributed by atoms with Crippen molar-refractivity contribution in [3.8, 4) is 6.07 Å². The molecule has 0 aliphatic carbocycles. The van der Waals surface area contributed by atoms with Crippen molar-refractivity contribution >= 4 is 0 Å². The van der Waals surface area contributed by atoms with Crippen molar-refractivity contribution in [3.63, 3.8) is 0 Å². The highest BCUT2D eigenvalue weighted by atomic mass is 15.1. The van der Waals surface area contributed by atoms with E-state index in [-0.39, 0.29) is 0 Å². The molecular weight excluding hydrogens is 224 g/mol. The number of hydrogen-bond acceptors (Lipinski definition) is 4. The summed E-state index contributed by atoms with van der Waals surface area (Å²) in [4.78, 5) is 6.55. The molecule has 1 fully saturated rings. The van der Waals surface area contributed by atoms with Gasteiger partial charge in [-0.1, -0.05) is 13.0 Å². The zero-order valence-electron chi connectivity index (χ0n) is 10.9. The molecule has 1 unspecified atom stereocenters. The summed E-state index contributed by atoms with van der Waals surface area (Å²) in [7, 11) is 0. The van der Waals surface area contributed by atoms with Crippen molar-refractivity contribution in [2.75, 3.05) is 26.2 Å². The fourth-order valence-electron chi connectivity index (χ4n) is 2.46. The maximum absolute atomic E-state index is 8.95. The Hall–Kier alpha value is -1.44. The predicted octanol–water partition coefficient (Wildman–Crippen LogP) is 1.38. The Morgan fingerprint density at radius 3 is 3.22 bits per heavy atom. The van der Waals surface area contributed by atoms with E-state index in [1.165, 1.54) is 19.5 Å². The van der Waals surface area contributed by atoms with Gasteiger partial charge < -0.3 is 10.2 Å². The van der Waals surface area contributed by atoms with Crippen LogP contribution in [0.1, 0.15) is 24.6 Å². The van der Waals surface area contributed by atoms with Crippen molar-refractivity contribution in [2.24, 2.45) is 5.92 Å². The van der Waals surface area contributed by atoms with Crippen molar-refractivity contribution in [2.45, 2.75) is 19.9 Å². The molecule has 4 nitrogen and oxygen atoms in total. The molecule has 1 N–H and O–H groups in total. The van der Waals surface area contributed by atoms with Gasteiger partial charge in [0, 0.05) is 24.8 Å². The van der Waals surface area contributed by atoms with Crippen molar-refractivity contribution in [1.29, 1.82) is 5.26 Å². The fraction of sp³-hybridized carbons (Fsp3) is 0.571. The SMILES string of the molecule is CCN1CCC(CNCc2cccnc2C#N)C1. The number of nitrogens with one attached hydrogen (secondary N) is 1. The lowest BCUT2D eigenvalue weighted by molar-refractivity contribution is 0.339. The largest absolute Gasteiger partial charge is 0.312 e. The Bertz CT molecular complexity index is 424. The molecule has 1 aliphatic heterocycles. The van der Waals surface area contributed by atoms with Crippen LogP contribution >= 0.6 is 0 Å². The maximum atomic E-state index is 8.95. The van der Waals surface area contributed by atoms with E-state index < -0.39 is 0 Å². The summed E-state index contributed by atoms with van der Waals surface area (Å²) < 4.78 is 0. The lowest BCUT2D eigenvalue weighted by Crippen LogP contribution is -2.26. The van der Waals surface area contributed by atoms with Crippen LogP contribution in [0.25, 0.3) is 0 Å². The Balaban J connectivity index is 1.77. The molecule has 4 heteroatoms. The monoisotopic (exact) mass is 244 g/mol. The Morgan fingerprint density at radius 2 is 2.50 bits per heavy atom. The lowest BCUT2D eigenvalue weighted by atomic mass is 10.1. The Morgan fingerprint density at radius 1 is 1.61 bits per heavy atom. The summed E-state index contributed by atoms with van der Waals surface area (Å²) in [5.74, 6) is 0.743. The molecule has 2 rings (SSSR count). The topological polar surface area (TPSA) is 52.0 Å². The summed E-state index contributed by atoms with van der Waals surface area (Å²) in [6.45, 7) is 7.54. The molecule has 96 valence electrons. The van der Waals surface area contributed by atoms with Crippen LogP contribution in [0.5, 0.6) is 0 Å². The zero-order valence-corrected chi connectivity index (χ0v) is 10.9. The smallest absolute Gasteiger partial charge is 0.144 e. The number of hydrogen-bond donors (Lipinski definition) is 1. The van der Waals surface area contributed by atoms with Crippen LogP contribution in [0.3, 0.4) is 0 Å². The molecule has 0 saturated carbocycles. The first-order valence-corrected chi connectivity index (χ1v) is 6.60. The highest BCUT2D eigenvalue weighted by molar-refractivity contribution is 5.30. The van der Waals surface area contributed by atoms with E-state index in [1.54, 1.807) is 6.20 Å².